The molecule has 1 aliphatic heterocycles. The van der Waals surface area contributed by atoms with Crippen LogP contribution in [-0.2, 0) is 0 Å². The van der Waals surface area contributed by atoms with E-state index in [9.17, 15) is 4.39 Å². The van der Waals surface area contributed by atoms with Gasteiger partial charge in [-0.15, -0.1) is 0 Å². The third-order valence-corrected chi connectivity index (χ3v) is 4.98. The fraction of sp³-hybridized carbons (Fsp3) is 0.294. The average molecular weight is 369 g/mol. The molecule has 0 aliphatic carbocycles. The SMILES string of the molecule is Fc1ccc(Br)cc1C1CCNCC1c1ccccc1Cl. The first-order valence-corrected chi connectivity index (χ1v) is 8.24. The second-order valence-corrected chi connectivity index (χ2v) is 6.72. The molecule has 0 radical (unpaired) electrons. The fourth-order valence-corrected chi connectivity index (χ4v) is 3.79. The van der Waals surface area contributed by atoms with Crippen molar-refractivity contribution in [3.05, 3.63) is 68.9 Å². The molecule has 1 heterocycles. The molecule has 3 rings (SSSR count). The van der Waals surface area contributed by atoms with Crippen molar-refractivity contribution in [2.45, 2.75) is 18.3 Å². The summed E-state index contributed by atoms with van der Waals surface area (Å²) >= 11 is 9.80. The van der Waals surface area contributed by atoms with Crippen LogP contribution in [0.4, 0.5) is 4.39 Å². The van der Waals surface area contributed by atoms with Crippen LogP contribution in [0.2, 0.25) is 5.02 Å². The monoisotopic (exact) mass is 367 g/mol. The fourth-order valence-electron chi connectivity index (χ4n) is 3.13. The molecule has 2 atom stereocenters. The van der Waals surface area contributed by atoms with Crippen molar-refractivity contribution in [2.24, 2.45) is 0 Å². The van der Waals surface area contributed by atoms with E-state index in [0.29, 0.717) is 0 Å². The quantitative estimate of drug-likeness (QED) is 0.777. The molecule has 2 aromatic carbocycles. The number of piperidine rings is 1. The van der Waals surface area contributed by atoms with Gasteiger partial charge in [0.15, 0.2) is 0 Å². The Morgan fingerprint density at radius 1 is 1.10 bits per heavy atom. The standard InChI is InChI=1S/C17H16BrClFN/c18-11-5-6-17(20)14(9-11)12-7-8-21-10-15(12)13-3-1-2-4-16(13)19/h1-6,9,12,15,21H,7-8,10H2. The molecule has 1 N–H and O–H groups in total. The molecular weight excluding hydrogens is 353 g/mol. The van der Waals surface area contributed by atoms with Gasteiger partial charge in [-0.25, -0.2) is 4.39 Å². The van der Waals surface area contributed by atoms with Gasteiger partial charge in [0.1, 0.15) is 5.82 Å². The van der Waals surface area contributed by atoms with Gasteiger partial charge in [-0.3, -0.25) is 0 Å². The summed E-state index contributed by atoms with van der Waals surface area (Å²) in [5.41, 5.74) is 1.87. The van der Waals surface area contributed by atoms with Crippen LogP contribution in [0.5, 0.6) is 0 Å². The molecule has 0 aromatic heterocycles. The van der Waals surface area contributed by atoms with Crippen molar-refractivity contribution in [1.29, 1.82) is 0 Å². The minimum atomic E-state index is -0.137. The van der Waals surface area contributed by atoms with Gasteiger partial charge in [0.2, 0.25) is 0 Å². The first-order chi connectivity index (χ1) is 10.2. The van der Waals surface area contributed by atoms with E-state index in [1.165, 1.54) is 6.07 Å². The van der Waals surface area contributed by atoms with E-state index in [2.05, 4.69) is 21.2 Å². The Morgan fingerprint density at radius 2 is 1.90 bits per heavy atom. The average Bonchev–Trinajstić information content (AvgIpc) is 2.50. The van der Waals surface area contributed by atoms with Crippen LogP contribution in [0.1, 0.15) is 29.4 Å². The molecule has 0 saturated carbocycles. The second kappa shape index (κ2) is 6.47. The Kier molecular flexibility index (Phi) is 4.63. The zero-order valence-corrected chi connectivity index (χ0v) is 13.8. The normalized spacial score (nSPS) is 22.2. The molecule has 1 fully saturated rings. The summed E-state index contributed by atoms with van der Waals surface area (Å²) in [4.78, 5) is 0. The van der Waals surface area contributed by atoms with Gasteiger partial charge in [-0.05, 0) is 54.3 Å². The Bertz CT molecular complexity index is 646. The van der Waals surface area contributed by atoms with E-state index in [4.69, 9.17) is 11.6 Å². The van der Waals surface area contributed by atoms with Crippen LogP contribution < -0.4 is 5.32 Å². The molecule has 0 bridgehead atoms. The summed E-state index contributed by atoms with van der Waals surface area (Å²) < 4.78 is 15.2. The minimum absolute atomic E-state index is 0.137. The molecule has 1 nitrogen and oxygen atoms in total. The Hall–Kier alpha value is -0.900. The van der Waals surface area contributed by atoms with Crippen LogP contribution in [0, 0.1) is 5.82 Å². The molecule has 1 aliphatic rings. The molecule has 4 heteroatoms. The summed E-state index contributed by atoms with van der Waals surface area (Å²) in [6, 6.07) is 13.0. The third-order valence-electron chi connectivity index (χ3n) is 4.14. The van der Waals surface area contributed by atoms with Crippen LogP contribution in [0.15, 0.2) is 46.9 Å². The van der Waals surface area contributed by atoms with Gasteiger partial charge in [-0.1, -0.05) is 45.7 Å². The summed E-state index contributed by atoms with van der Waals surface area (Å²) in [5, 5.41) is 4.16. The Labute approximate surface area is 137 Å². The Balaban J connectivity index is 2.02. The van der Waals surface area contributed by atoms with Crippen molar-refractivity contribution < 1.29 is 4.39 Å². The minimum Gasteiger partial charge on any atom is -0.316 e. The zero-order valence-electron chi connectivity index (χ0n) is 11.5. The lowest BCUT2D eigenvalue weighted by Crippen LogP contribution is -2.34. The second-order valence-electron chi connectivity index (χ2n) is 5.39. The molecule has 0 spiro atoms. The smallest absolute Gasteiger partial charge is 0.126 e. The molecule has 1 saturated heterocycles. The van der Waals surface area contributed by atoms with E-state index < -0.39 is 0 Å². The summed E-state index contributed by atoms with van der Waals surface area (Å²) in [6.45, 7) is 1.72. The van der Waals surface area contributed by atoms with Crippen molar-refractivity contribution in [3.63, 3.8) is 0 Å². The highest BCUT2D eigenvalue weighted by Crippen LogP contribution is 2.41. The van der Waals surface area contributed by atoms with Gasteiger partial charge in [0.05, 0.1) is 0 Å². The highest BCUT2D eigenvalue weighted by atomic mass is 79.9. The number of hydrogen-bond acceptors (Lipinski definition) is 1. The highest BCUT2D eigenvalue weighted by Gasteiger charge is 2.30. The lowest BCUT2D eigenvalue weighted by Gasteiger charge is -2.33. The van der Waals surface area contributed by atoms with Gasteiger partial charge >= 0.3 is 0 Å². The molecular formula is C17H16BrClFN. The molecule has 21 heavy (non-hydrogen) atoms. The zero-order chi connectivity index (χ0) is 14.8. The maximum Gasteiger partial charge on any atom is 0.126 e. The highest BCUT2D eigenvalue weighted by molar-refractivity contribution is 9.10. The van der Waals surface area contributed by atoms with E-state index in [1.54, 1.807) is 6.07 Å². The van der Waals surface area contributed by atoms with Crippen LogP contribution >= 0.6 is 27.5 Å². The van der Waals surface area contributed by atoms with E-state index in [-0.39, 0.29) is 17.7 Å². The number of benzene rings is 2. The first kappa shape index (κ1) is 15.0. The van der Waals surface area contributed by atoms with Crippen molar-refractivity contribution in [1.82, 2.24) is 5.32 Å². The molecule has 110 valence electrons. The van der Waals surface area contributed by atoms with Crippen molar-refractivity contribution in [2.75, 3.05) is 13.1 Å². The number of hydrogen-bond donors (Lipinski definition) is 1. The maximum atomic E-state index is 14.3. The van der Waals surface area contributed by atoms with E-state index in [0.717, 1.165) is 40.1 Å². The van der Waals surface area contributed by atoms with Crippen LogP contribution in [0.3, 0.4) is 0 Å². The number of rotatable bonds is 2. The lowest BCUT2D eigenvalue weighted by molar-refractivity contribution is 0.393. The van der Waals surface area contributed by atoms with Gasteiger partial charge in [0.25, 0.3) is 0 Å². The molecule has 2 unspecified atom stereocenters. The summed E-state index contributed by atoms with van der Waals surface area (Å²) in [5.74, 6) is 0.196. The molecule has 2 aromatic rings. The third kappa shape index (κ3) is 3.15. The van der Waals surface area contributed by atoms with Crippen molar-refractivity contribution >= 4 is 27.5 Å². The van der Waals surface area contributed by atoms with Crippen molar-refractivity contribution in [3.8, 4) is 0 Å². The lowest BCUT2D eigenvalue weighted by atomic mass is 9.77. The molecule has 0 amide bonds. The van der Waals surface area contributed by atoms with Crippen LogP contribution in [0.25, 0.3) is 0 Å². The van der Waals surface area contributed by atoms with Gasteiger partial charge in [0, 0.05) is 22.0 Å². The topological polar surface area (TPSA) is 12.0 Å². The predicted molar refractivity (Wildman–Crippen MR) is 88.5 cm³/mol. The van der Waals surface area contributed by atoms with E-state index >= 15 is 0 Å². The van der Waals surface area contributed by atoms with Gasteiger partial charge in [-0.2, -0.15) is 0 Å². The van der Waals surface area contributed by atoms with Crippen LogP contribution in [-0.4, -0.2) is 13.1 Å². The first-order valence-electron chi connectivity index (χ1n) is 7.07. The van der Waals surface area contributed by atoms with E-state index in [1.807, 2.05) is 30.3 Å². The number of nitrogens with one attached hydrogen (secondary N) is 1. The Morgan fingerprint density at radius 3 is 2.71 bits per heavy atom. The summed E-state index contributed by atoms with van der Waals surface area (Å²) in [7, 11) is 0. The predicted octanol–water partition coefficient (Wildman–Crippen LogP) is 5.10. The summed E-state index contributed by atoms with van der Waals surface area (Å²) in [6.07, 6.45) is 0.906. The van der Waals surface area contributed by atoms with Gasteiger partial charge < -0.3 is 5.32 Å². The largest absolute Gasteiger partial charge is 0.316 e. The maximum absolute atomic E-state index is 14.3. The number of halogens is 3.